The summed E-state index contributed by atoms with van der Waals surface area (Å²) in [6, 6.07) is 31.2. The molecular formula is C30H23NO4. The summed E-state index contributed by atoms with van der Waals surface area (Å²) in [5.41, 5.74) is 6.15. The van der Waals surface area contributed by atoms with Crippen LogP contribution in [-0.4, -0.2) is 18.1 Å². The van der Waals surface area contributed by atoms with Crippen molar-refractivity contribution in [1.82, 2.24) is 4.98 Å². The van der Waals surface area contributed by atoms with Crippen molar-refractivity contribution in [2.24, 2.45) is 0 Å². The van der Waals surface area contributed by atoms with Crippen LogP contribution in [0.15, 0.2) is 101 Å². The number of para-hydroxylation sites is 1. The van der Waals surface area contributed by atoms with E-state index in [1.165, 1.54) is 7.11 Å². The second-order valence-corrected chi connectivity index (χ2v) is 7.95. The Balaban J connectivity index is 1.31. The van der Waals surface area contributed by atoms with Crippen LogP contribution in [0.4, 0.5) is 0 Å². The highest BCUT2D eigenvalue weighted by Crippen LogP contribution is 2.26. The van der Waals surface area contributed by atoms with E-state index in [1.54, 1.807) is 12.1 Å². The van der Waals surface area contributed by atoms with E-state index in [0.29, 0.717) is 18.1 Å². The molecule has 5 rings (SSSR count). The summed E-state index contributed by atoms with van der Waals surface area (Å²) in [6.07, 6.45) is 3.77. The standard InChI is InChI=1S/C30H23NO4/c1-33-30(32)24-13-11-21(12-14-24)20-34-27-10-6-5-9-23(27)16-18-29-31-26-19-25(15-17-28(26)35-29)22-7-3-2-4-8-22/h2-19H,20H2,1H3. The van der Waals surface area contributed by atoms with Crippen LogP contribution >= 0.6 is 0 Å². The second-order valence-electron chi connectivity index (χ2n) is 7.95. The van der Waals surface area contributed by atoms with Crippen molar-refractivity contribution >= 4 is 29.2 Å². The van der Waals surface area contributed by atoms with E-state index in [-0.39, 0.29) is 5.97 Å². The van der Waals surface area contributed by atoms with Crippen molar-refractivity contribution in [3.05, 3.63) is 120 Å². The molecule has 5 nitrogen and oxygen atoms in total. The summed E-state index contributed by atoms with van der Waals surface area (Å²) in [7, 11) is 1.37. The number of hydrogen-bond donors (Lipinski definition) is 0. The first-order valence-corrected chi connectivity index (χ1v) is 11.2. The fourth-order valence-electron chi connectivity index (χ4n) is 3.75. The number of carbonyl (C=O) groups excluding carboxylic acids is 1. The molecule has 0 saturated heterocycles. The van der Waals surface area contributed by atoms with Crippen molar-refractivity contribution in [3.63, 3.8) is 0 Å². The summed E-state index contributed by atoms with van der Waals surface area (Å²) in [4.78, 5) is 16.2. The van der Waals surface area contributed by atoms with Gasteiger partial charge in [0.05, 0.1) is 12.7 Å². The summed E-state index contributed by atoms with van der Waals surface area (Å²) in [6.45, 7) is 0.372. The van der Waals surface area contributed by atoms with Crippen LogP contribution in [-0.2, 0) is 11.3 Å². The maximum absolute atomic E-state index is 11.6. The fourth-order valence-corrected chi connectivity index (χ4v) is 3.75. The van der Waals surface area contributed by atoms with Gasteiger partial charge >= 0.3 is 5.97 Å². The quantitative estimate of drug-likeness (QED) is 0.244. The molecule has 0 aliphatic rings. The fraction of sp³-hybridized carbons (Fsp3) is 0.0667. The Kier molecular flexibility index (Phi) is 6.39. The second kappa shape index (κ2) is 10.1. The van der Waals surface area contributed by atoms with E-state index in [2.05, 4.69) is 17.1 Å². The van der Waals surface area contributed by atoms with Crippen LogP contribution in [0.2, 0.25) is 0 Å². The Labute approximate surface area is 203 Å². The number of aromatic nitrogens is 1. The summed E-state index contributed by atoms with van der Waals surface area (Å²) >= 11 is 0. The molecule has 1 aromatic heterocycles. The number of rotatable bonds is 7. The molecule has 1 heterocycles. The average Bonchev–Trinajstić information content (AvgIpc) is 3.34. The Morgan fingerprint density at radius 3 is 2.43 bits per heavy atom. The van der Waals surface area contributed by atoms with Gasteiger partial charge in [0.15, 0.2) is 5.58 Å². The van der Waals surface area contributed by atoms with Crippen molar-refractivity contribution in [3.8, 4) is 16.9 Å². The van der Waals surface area contributed by atoms with Gasteiger partial charge in [-0.1, -0.05) is 66.7 Å². The van der Waals surface area contributed by atoms with Crippen LogP contribution < -0.4 is 4.74 Å². The molecule has 0 radical (unpaired) electrons. The Bertz CT molecular complexity index is 1480. The highest BCUT2D eigenvalue weighted by molar-refractivity contribution is 5.89. The zero-order valence-electron chi connectivity index (χ0n) is 19.2. The smallest absolute Gasteiger partial charge is 0.337 e. The molecule has 0 aliphatic carbocycles. The number of ether oxygens (including phenoxy) is 2. The van der Waals surface area contributed by atoms with Gasteiger partial charge in [-0.2, -0.15) is 0 Å². The Morgan fingerprint density at radius 1 is 0.857 bits per heavy atom. The first-order chi connectivity index (χ1) is 17.2. The molecule has 172 valence electrons. The maximum atomic E-state index is 11.6. The first kappa shape index (κ1) is 22.2. The van der Waals surface area contributed by atoms with E-state index < -0.39 is 0 Å². The summed E-state index contributed by atoms with van der Waals surface area (Å²) in [5, 5.41) is 0. The first-order valence-electron chi connectivity index (χ1n) is 11.2. The third-order valence-electron chi connectivity index (χ3n) is 5.61. The number of nitrogens with zero attached hydrogens (tertiary/aromatic N) is 1. The van der Waals surface area contributed by atoms with E-state index in [1.807, 2.05) is 84.9 Å². The molecule has 0 aliphatic heterocycles. The normalized spacial score (nSPS) is 11.1. The number of hydrogen-bond acceptors (Lipinski definition) is 5. The van der Waals surface area contributed by atoms with Crippen molar-refractivity contribution < 1.29 is 18.7 Å². The van der Waals surface area contributed by atoms with Gasteiger partial charge in [-0.15, -0.1) is 0 Å². The lowest BCUT2D eigenvalue weighted by Crippen LogP contribution is -2.02. The number of esters is 1. The number of benzene rings is 4. The van der Waals surface area contributed by atoms with Gasteiger partial charge in [-0.25, -0.2) is 9.78 Å². The maximum Gasteiger partial charge on any atom is 0.337 e. The molecule has 0 amide bonds. The summed E-state index contributed by atoms with van der Waals surface area (Å²) < 4.78 is 16.7. The Hall–Kier alpha value is -4.64. The zero-order chi connectivity index (χ0) is 24.0. The minimum Gasteiger partial charge on any atom is -0.488 e. The third kappa shape index (κ3) is 5.14. The van der Waals surface area contributed by atoms with E-state index >= 15 is 0 Å². The van der Waals surface area contributed by atoms with Gasteiger partial charge in [0, 0.05) is 11.6 Å². The summed E-state index contributed by atoms with van der Waals surface area (Å²) in [5.74, 6) is 0.908. The Morgan fingerprint density at radius 2 is 1.63 bits per heavy atom. The molecule has 0 N–H and O–H groups in total. The van der Waals surface area contributed by atoms with Crippen LogP contribution in [0, 0.1) is 0 Å². The number of fused-ring (bicyclic) bond motifs is 1. The monoisotopic (exact) mass is 461 g/mol. The van der Waals surface area contributed by atoms with Crippen LogP contribution in [0.25, 0.3) is 34.4 Å². The highest BCUT2D eigenvalue weighted by Gasteiger charge is 2.08. The molecule has 0 spiro atoms. The van der Waals surface area contributed by atoms with Crippen molar-refractivity contribution in [2.75, 3.05) is 7.11 Å². The molecule has 5 aromatic rings. The lowest BCUT2D eigenvalue weighted by atomic mass is 10.1. The third-order valence-corrected chi connectivity index (χ3v) is 5.61. The lowest BCUT2D eigenvalue weighted by Gasteiger charge is -2.09. The molecule has 5 heteroatoms. The predicted octanol–water partition coefficient (Wildman–Crippen LogP) is 7.03. The lowest BCUT2D eigenvalue weighted by molar-refractivity contribution is 0.0600. The molecule has 0 bridgehead atoms. The average molecular weight is 462 g/mol. The molecule has 0 atom stereocenters. The van der Waals surface area contributed by atoms with Gasteiger partial charge in [-0.05, 0) is 53.1 Å². The number of methoxy groups -OCH3 is 1. The topological polar surface area (TPSA) is 61.6 Å². The number of oxazole rings is 1. The van der Waals surface area contributed by atoms with E-state index in [4.69, 9.17) is 13.9 Å². The molecule has 0 unspecified atom stereocenters. The van der Waals surface area contributed by atoms with Gasteiger partial charge < -0.3 is 13.9 Å². The SMILES string of the molecule is COC(=O)c1ccc(COc2ccccc2C=Cc2nc3cc(-c4ccccc4)ccc3o2)cc1. The predicted molar refractivity (Wildman–Crippen MR) is 137 cm³/mol. The van der Waals surface area contributed by atoms with Crippen LogP contribution in [0.5, 0.6) is 5.75 Å². The minimum absolute atomic E-state index is 0.358. The van der Waals surface area contributed by atoms with Gasteiger partial charge in [0.2, 0.25) is 5.89 Å². The molecular weight excluding hydrogens is 438 g/mol. The van der Waals surface area contributed by atoms with Gasteiger partial charge in [-0.3, -0.25) is 0 Å². The van der Waals surface area contributed by atoms with Gasteiger partial charge in [0.1, 0.15) is 17.9 Å². The van der Waals surface area contributed by atoms with Crippen molar-refractivity contribution in [1.29, 1.82) is 0 Å². The molecule has 0 saturated carbocycles. The zero-order valence-corrected chi connectivity index (χ0v) is 19.2. The number of carbonyl (C=O) groups is 1. The van der Waals surface area contributed by atoms with Crippen molar-refractivity contribution in [2.45, 2.75) is 6.61 Å². The van der Waals surface area contributed by atoms with Crippen LogP contribution in [0.3, 0.4) is 0 Å². The highest BCUT2D eigenvalue weighted by atomic mass is 16.5. The largest absolute Gasteiger partial charge is 0.488 e. The van der Waals surface area contributed by atoms with E-state index in [0.717, 1.165) is 39.1 Å². The van der Waals surface area contributed by atoms with E-state index in [9.17, 15) is 4.79 Å². The van der Waals surface area contributed by atoms with Crippen LogP contribution in [0.1, 0.15) is 27.4 Å². The molecule has 4 aromatic carbocycles. The minimum atomic E-state index is -0.358. The van der Waals surface area contributed by atoms with Gasteiger partial charge in [0.25, 0.3) is 0 Å². The molecule has 0 fully saturated rings. The molecule has 35 heavy (non-hydrogen) atoms.